The monoisotopic (exact) mass is 405 g/mol. The minimum absolute atomic E-state index is 0.102. The smallest absolute Gasteiger partial charge is 0.230 e. The number of carbonyl (C=O) groups excluding carboxylic acids is 1. The van der Waals surface area contributed by atoms with Crippen molar-refractivity contribution in [3.05, 3.63) is 64.9 Å². The van der Waals surface area contributed by atoms with Crippen LogP contribution in [0, 0.1) is 5.82 Å². The first-order valence-electron chi connectivity index (χ1n) is 8.08. The Balaban J connectivity index is 1.61. The molecule has 0 fully saturated rings. The Morgan fingerprint density at radius 2 is 1.96 bits per heavy atom. The quantitative estimate of drug-likeness (QED) is 0.484. The van der Waals surface area contributed by atoms with Crippen molar-refractivity contribution in [2.45, 2.75) is 18.1 Å². The van der Waals surface area contributed by atoms with Crippen molar-refractivity contribution in [3.8, 4) is 11.4 Å². The van der Waals surface area contributed by atoms with Crippen LogP contribution in [-0.2, 0) is 4.79 Å². The van der Waals surface area contributed by atoms with E-state index in [4.69, 9.17) is 17.4 Å². The van der Waals surface area contributed by atoms with E-state index in [-0.39, 0.29) is 29.1 Å². The number of halogens is 2. The average Bonchev–Trinajstić information content (AvgIpc) is 3.01. The van der Waals surface area contributed by atoms with Crippen LogP contribution in [0.25, 0.3) is 11.4 Å². The fourth-order valence-corrected chi connectivity index (χ4v) is 3.24. The van der Waals surface area contributed by atoms with Gasteiger partial charge in [-0.05, 0) is 36.8 Å². The van der Waals surface area contributed by atoms with Gasteiger partial charge in [0.25, 0.3) is 0 Å². The molecule has 0 saturated heterocycles. The lowest BCUT2D eigenvalue weighted by Crippen LogP contribution is -2.28. The minimum atomic E-state index is -0.442. The van der Waals surface area contributed by atoms with E-state index in [9.17, 15) is 9.18 Å². The van der Waals surface area contributed by atoms with Crippen LogP contribution in [-0.4, -0.2) is 26.5 Å². The van der Waals surface area contributed by atoms with Crippen LogP contribution < -0.4 is 11.2 Å². The van der Waals surface area contributed by atoms with Gasteiger partial charge in [-0.3, -0.25) is 4.79 Å². The molecule has 9 heteroatoms. The summed E-state index contributed by atoms with van der Waals surface area (Å²) in [5.74, 6) is 5.63. The normalized spacial score (nSPS) is 12.0. The first-order chi connectivity index (χ1) is 13.0. The summed E-state index contributed by atoms with van der Waals surface area (Å²) in [5, 5.41) is 11.7. The molecule has 2 aromatic carbocycles. The van der Waals surface area contributed by atoms with Crippen molar-refractivity contribution < 1.29 is 9.18 Å². The Morgan fingerprint density at radius 1 is 1.26 bits per heavy atom. The highest BCUT2D eigenvalue weighted by atomic mass is 35.5. The molecule has 0 saturated carbocycles. The van der Waals surface area contributed by atoms with Crippen LogP contribution in [0.15, 0.2) is 53.7 Å². The lowest BCUT2D eigenvalue weighted by Gasteiger charge is -2.14. The van der Waals surface area contributed by atoms with Gasteiger partial charge in [0.05, 0.1) is 17.4 Å². The van der Waals surface area contributed by atoms with Gasteiger partial charge < -0.3 is 11.2 Å². The maximum absolute atomic E-state index is 13.9. The largest absolute Gasteiger partial charge is 0.349 e. The molecule has 1 atom stereocenters. The van der Waals surface area contributed by atoms with E-state index in [2.05, 4.69) is 15.5 Å². The summed E-state index contributed by atoms with van der Waals surface area (Å²) in [6.45, 7) is 1.88. The Hall–Kier alpha value is -2.58. The molecule has 0 aliphatic heterocycles. The molecule has 3 aromatic rings. The Labute approximate surface area is 164 Å². The van der Waals surface area contributed by atoms with E-state index in [0.717, 1.165) is 17.3 Å². The highest BCUT2D eigenvalue weighted by Gasteiger charge is 2.17. The van der Waals surface area contributed by atoms with Crippen molar-refractivity contribution >= 4 is 29.3 Å². The third kappa shape index (κ3) is 4.58. The average molecular weight is 406 g/mol. The fourth-order valence-electron chi connectivity index (χ4n) is 2.45. The van der Waals surface area contributed by atoms with Crippen molar-refractivity contribution in [3.63, 3.8) is 0 Å². The van der Waals surface area contributed by atoms with Crippen molar-refractivity contribution in [2.24, 2.45) is 0 Å². The Morgan fingerprint density at radius 3 is 2.67 bits per heavy atom. The van der Waals surface area contributed by atoms with Gasteiger partial charge in [-0.1, -0.05) is 47.6 Å². The van der Waals surface area contributed by atoms with E-state index in [1.165, 1.54) is 10.7 Å². The topological polar surface area (TPSA) is 85.8 Å². The molecule has 6 nitrogen and oxygen atoms in total. The van der Waals surface area contributed by atoms with Gasteiger partial charge in [0.1, 0.15) is 5.82 Å². The van der Waals surface area contributed by atoms with Gasteiger partial charge in [0, 0.05) is 5.02 Å². The third-order valence-corrected chi connectivity index (χ3v) is 5.05. The standard InChI is InChI=1S/C18H17ClFN5OS/c1-11(12-6-8-13(19)9-7-12)22-16(26)10-27-18-24-23-17(25(18)21)14-4-2-3-5-15(14)20/h2-9,11H,10,21H2,1H3,(H,22,26)/t11-/m1/s1. The second-order valence-corrected chi connectivity index (χ2v) is 7.16. The molecule has 0 radical (unpaired) electrons. The summed E-state index contributed by atoms with van der Waals surface area (Å²) < 4.78 is 15.1. The molecule has 0 unspecified atom stereocenters. The number of rotatable bonds is 6. The third-order valence-electron chi connectivity index (χ3n) is 3.86. The number of nitrogens with two attached hydrogens (primary N) is 1. The van der Waals surface area contributed by atoms with Crippen molar-refractivity contribution in [1.29, 1.82) is 0 Å². The van der Waals surface area contributed by atoms with E-state index in [1.807, 2.05) is 19.1 Å². The molecule has 1 aromatic heterocycles. The van der Waals surface area contributed by atoms with E-state index < -0.39 is 5.82 Å². The van der Waals surface area contributed by atoms with E-state index in [1.54, 1.807) is 30.3 Å². The number of hydrogen-bond acceptors (Lipinski definition) is 5. The van der Waals surface area contributed by atoms with Gasteiger partial charge in [-0.15, -0.1) is 10.2 Å². The zero-order valence-electron chi connectivity index (χ0n) is 14.4. The lowest BCUT2D eigenvalue weighted by atomic mass is 10.1. The molecular formula is C18H17ClFN5OS. The van der Waals surface area contributed by atoms with E-state index in [0.29, 0.717) is 10.2 Å². The van der Waals surface area contributed by atoms with Gasteiger partial charge in [-0.2, -0.15) is 0 Å². The van der Waals surface area contributed by atoms with Gasteiger partial charge >= 0.3 is 0 Å². The summed E-state index contributed by atoms with van der Waals surface area (Å²) in [4.78, 5) is 12.2. The molecular weight excluding hydrogens is 389 g/mol. The van der Waals surface area contributed by atoms with Gasteiger partial charge in [-0.25, -0.2) is 9.07 Å². The number of nitrogens with zero attached hydrogens (tertiary/aromatic N) is 3. The van der Waals surface area contributed by atoms with E-state index >= 15 is 0 Å². The number of carbonyl (C=O) groups is 1. The summed E-state index contributed by atoms with van der Waals surface area (Å²) >= 11 is 6.99. The maximum Gasteiger partial charge on any atom is 0.230 e. The van der Waals surface area contributed by atoms with Crippen LogP contribution >= 0.6 is 23.4 Å². The lowest BCUT2D eigenvalue weighted by molar-refractivity contribution is -0.119. The molecule has 3 N–H and O–H groups in total. The fraction of sp³-hybridized carbons (Fsp3) is 0.167. The zero-order chi connectivity index (χ0) is 19.4. The molecule has 140 valence electrons. The van der Waals surface area contributed by atoms with Crippen molar-refractivity contribution in [1.82, 2.24) is 20.2 Å². The van der Waals surface area contributed by atoms with Crippen LogP contribution in [0.5, 0.6) is 0 Å². The number of nitrogen functional groups attached to an aromatic ring is 1. The van der Waals surface area contributed by atoms with Crippen molar-refractivity contribution in [2.75, 3.05) is 11.6 Å². The van der Waals surface area contributed by atoms with Gasteiger partial charge in [0.15, 0.2) is 5.82 Å². The molecule has 1 heterocycles. The second kappa shape index (κ2) is 8.41. The number of amides is 1. The first-order valence-corrected chi connectivity index (χ1v) is 9.45. The molecule has 27 heavy (non-hydrogen) atoms. The summed E-state index contributed by atoms with van der Waals surface area (Å²) in [5.41, 5.74) is 1.20. The number of nitrogens with one attached hydrogen (secondary N) is 1. The first kappa shape index (κ1) is 19.2. The van der Waals surface area contributed by atoms with Crippen LogP contribution in [0.1, 0.15) is 18.5 Å². The van der Waals surface area contributed by atoms with Gasteiger partial charge in [0.2, 0.25) is 11.1 Å². The number of benzene rings is 2. The zero-order valence-corrected chi connectivity index (χ0v) is 16.0. The maximum atomic E-state index is 13.9. The predicted molar refractivity (Wildman–Crippen MR) is 104 cm³/mol. The highest BCUT2D eigenvalue weighted by Crippen LogP contribution is 2.24. The van der Waals surface area contributed by atoms with Crippen LogP contribution in [0.3, 0.4) is 0 Å². The molecule has 0 aliphatic rings. The van der Waals surface area contributed by atoms with Crippen LogP contribution in [0.2, 0.25) is 5.02 Å². The van der Waals surface area contributed by atoms with Crippen LogP contribution in [0.4, 0.5) is 4.39 Å². The minimum Gasteiger partial charge on any atom is -0.349 e. The second-order valence-electron chi connectivity index (χ2n) is 5.79. The molecule has 0 aliphatic carbocycles. The molecule has 0 spiro atoms. The predicted octanol–water partition coefficient (Wildman–Crippen LogP) is 3.42. The summed E-state index contributed by atoms with van der Waals surface area (Å²) in [6, 6.07) is 13.3. The SMILES string of the molecule is C[C@@H](NC(=O)CSc1nnc(-c2ccccc2F)n1N)c1ccc(Cl)cc1. The molecule has 3 rings (SSSR count). The molecule has 0 bridgehead atoms. The summed E-state index contributed by atoms with van der Waals surface area (Å²) in [7, 11) is 0. The Bertz CT molecular complexity index is 947. The summed E-state index contributed by atoms with van der Waals surface area (Å²) in [6.07, 6.45) is 0. The Kier molecular flexibility index (Phi) is 5.98. The highest BCUT2D eigenvalue weighted by molar-refractivity contribution is 7.99. The number of hydrogen-bond donors (Lipinski definition) is 2. The molecule has 1 amide bonds. The number of aromatic nitrogens is 3. The number of thioether (sulfide) groups is 1.